The number of benzene rings is 2. The molecule has 37 heavy (non-hydrogen) atoms. The van der Waals surface area contributed by atoms with E-state index in [-0.39, 0.29) is 5.91 Å². The van der Waals surface area contributed by atoms with Crippen LogP contribution in [0.4, 0.5) is 0 Å². The number of para-hydroxylation sites is 1. The van der Waals surface area contributed by atoms with Crippen molar-refractivity contribution in [3.05, 3.63) is 102 Å². The van der Waals surface area contributed by atoms with Crippen LogP contribution in [0.25, 0.3) is 10.9 Å². The van der Waals surface area contributed by atoms with Gasteiger partial charge < -0.3 is 10.1 Å². The maximum absolute atomic E-state index is 13.2. The second-order valence-electron chi connectivity index (χ2n) is 9.48. The van der Waals surface area contributed by atoms with Gasteiger partial charge in [0.2, 0.25) is 11.8 Å². The minimum atomic E-state index is -0.912. The van der Waals surface area contributed by atoms with E-state index in [1.54, 1.807) is 23.9 Å². The fourth-order valence-corrected chi connectivity index (χ4v) is 4.86. The molecule has 1 aliphatic rings. The molecule has 0 aliphatic heterocycles. The van der Waals surface area contributed by atoms with Crippen molar-refractivity contribution in [2.45, 2.75) is 32.9 Å². The number of hydroxylamine groups is 1. The third-order valence-electron chi connectivity index (χ3n) is 6.90. The number of amides is 2. The van der Waals surface area contributed by atoms with E-state index in [0.29, 0.717) is 31.7 Å². The summed E-state index contributed by atoms with van der Waals surface area (Å²) in [6.45, 7) is 2.69. The van der Waals surface area contributed by atoms with Gasteiger partial charge in [0.25, 0.3) is 0 Å². The highest BCUT2D eigenvalue weighted by Gasteiger charge is 2.63. The smallest absolute Gasteiger partial charge is 0.247 e. The van der Waals surface area contributed by atoms with E-state index >= 15 is 0 Å². The van der Waals surface area contributed by atoms with Crippen LogP contribution in [0.3, 0.4) is 0 Å². The molecular weight excluding hydrogens is 468 g/mol. The summed E-state index contributed by atoms with van der Waals surface area (Å²) in [6, 6.07) is 21.3. The fraction of sp³-hybridized carbons (Fsp3) is 0.241. The van der Waals surface area contributed by atoms with Crippen LogP contribution in [0.1, 0.15) is 28.8 Å². The normalized spacial score (nSPS) is 18.3. The molecule has 2 heterocycles. The topological polar surface area (TPSA) is 113 Å². The molecule has 0 saturated heterocycles. The Balaban J connectivity index is 1.26. The van der Waals surface area contributed by atoms with Gasteiger partial charge in [-0.15, -0.1) is 0 Å². The number of aryl methyl sites for hydroxylation is 1. The number of hydrogen-bond acceptors (Lipinski definition) is 6. The van der Waals surface area contributed by atoms with Crippen molar-refractivity contribution < 1.29 is 19.5 Å². The lowest BCUT2D eigenvalue weighted by atomic mass is 9.92. The second-order valence-corrected chi connectivity index (χ2v) is 9.48. The molecule has 0 radical (unpaired) electrons. The molecule has 3 N–H and O–H groups in total. The van der Waals surface area contributed by atoms with Crippen LogP contribution < -0.4 is 15.5 Å². The van der Waals surface area contributed by atoms with Crippen LogP contribution in [0.2, 0.25) is 0 Å². The molecule has 1 aliphatic carbocycles. The Morgan fingerprint density at radius 1 is 1.08 bits per heavy atom. The Morgan fingerprint density at radius 3 is 2.65 bits per heavy atom. The van der Waals surface area contributed by atoms with Gasteiger partial charge in [-0.2, -0.15) is 0 Å². The van der Waals surface area contributed by atoms with E-state index in [9.17, 15) is 9.59 Å². The van der Waals surface area contributed by atoms with Gasteiger partial charge in [-0.3, -0.25) is 24.8 Å². The molecule has 0 bridgehead atoms. The van der Waals surface area contributed by atoms with E-state index in [4.69, 9.17) is 9.94 Å². The minimum absolute atomic E-state index is 0.217. The van der Waals surface area contributed by atoms with Crippen LogP contribution >= 0.6 is 0 Å². The second kappa shape index (κ2) is 10.4. The number of ether oxygens (including phenoxy) is 1. The summed E-state index contributed by atoms with van der Waals surface area (Å²) in [5.74, 6) is -0.648. The molecule has 8 heteroatoms. The van der Waals surface area contributed by atoms with Gasteiger partial charge in [-0.1, -0.05) is 36.4 Å². The molecule has 8 nitrogen and oxygen atoms in total. The number of nitrogens with zero attached hydrogens (tertiary/aromatic N) is 2. The molecule has 5 rings (SSSR count). The number of fused-ring (bicyclic) bond motifs is 1. The highest BCUT2D eigenvalue weighted by Crippen LogP contribution is 2.55. The lowest BCUT2D eigenvalue weighted by Gasteiger charge is -2.18. The molecule has 2 aromatic heterocycles. The molecule has 2 amide bonds. The Labute approximate surface area is 214 Å². The Morgan fingerprint density at radius 2 is 1.89 bits per heavy atom. The number of carbonyl (C=O) groups excluding carboxylic acids is 2. The zero-order chi connectivity index (χ0) is 25.8. The Hall–Kier alpha value is -4.30. The lowest BCUT2D eigenvalue weighted by Crippen LogP contribution is -2.37. The third-order valence-corrected chi connectivity index (χ3v) is 6.90. The van der Waals surface area contributed by atoms with Crippen LogP contribution in [0.5, 0.6) is 5.75 Å². The van der Waals surface area contributed by atoms with Crippen molar-refractivity contribution in [1.29, 1.82) is 0 Å². The number of nitrogens with one attached hydrogen (secondary N) is 2. The predicted molar refractivity (Wildman–Crippen MR) is 138 cm³/mol. The average molecular weight is 497 g/mol. The summed E-state index contributed by atoms with van der Waals surface area (Å²) >= 11 is 0. The first-order valence-corrected chi connectivity index (χ1v) is 12.2. The molecule has 2 aromatic carbocycles. The van der Waals surface area contributed by atoms with E-state index in [2.05, 4.69) is 15.3 Å². The number of rotatable bonds is 9. The molecule has 1 fully saturated rings. The molecule has 188 valence electrons. The average Bonchev–Trinajstić information content (AvgIpc) is 3.66. The Kier molecular flexibility index (Phi) is 6.83. The van der Waals surface area contributed by atoms with Crippen molar-refractivity contribution >= 4 is 22.7 Å². The van der Waals surface area contributed by atoms with Crippen LogP contribution in [0, 0.1) is 18.3 Å². The van der Waals surface area contributed by atoms with Gasteiger partial charge in [0, 0.05) is 35.6 Å². The number of pyridine rings is 2. The SMILES string of the molecule is Cc1cc(COc2ccc(C[C@]3(C(=O)NCc4cccnc4)C[C@@H]3C(=O)NO)cc2)c2ccccc2n1. The summed E-state index contributed by atoms with van der Waals surface area (Å²) in [5.41, 5.74) is 5.50. The standard InChI is InChI=1S/C29H28N4O4/c1-19-13-22(24-6-2-3-7-26(24)32-19)18-37-23-10-8-20(9-11-23)14-29(15-25(29)27(34)33-36)28(35)31-17-21-5-4-12-30-16-21/h2-13,16,25,36H,14-15,17-18H2,1H3,(H,31,35)(H,33,34)/t25-,29+/m1/s1. The first kappa shape index (κ1) is 24.4. The minimum Gasteiger partial charge on any atom is -0.489 e. The van der Waals surface area contributed by atoms with E-state index < -0.39 is 17.2 Å². The summed E-state index contributed by atoms with van der Waals surface area (Å²) in [5, 5.41) is 13.1. The predicted octanol–water partition coefficient (Wildman–Crippen LogP) is 3.89. The van der Waals surface area contributed by atoms with Crippen molar-refractivity contribution in [3.63, 3.8) is 0 Å². The molecule has 2 atom stereocenters. The molecule has 4 aromatic rings. The van der Waals surface area contributed by atoms with Gasteiger partial charge in [0.1, 0.15) is 12.4 Å². The fourth-order valence-electron chi connectivity index (χ4n) is 4.86. The monoisotopic (exact) mass is 496 g/mol. The lowest BCUT2D eigenvalue weighted by molar-refractivity contribution is -0.135. The van der Waals surface area contributed by atoms with Crippen molar-refractivity contribution in [3.8, 4) is 5.75 Å². The number of carbonyl (C=O) groups is 2. The van der Waals surface area contributed by atoms with Crippen LogP contribution in [-0.4, -0.2) is 27.0 Å². The quantitative estimate of drug-likeness (QED) is 0.239. The largest absolute Gasteiger partial charge is 0.489 e. The van der Waals surface area contributed by atoms with Crippen molar-refractivity contribution in [2.75, 3.05) is 0 Å². The van der Waals surface area contributed by atoms with Gasteiger partial charge >= 0.3 is 0 Å². The van der Waals surface area contributed by atoms with Crippen LogP contribution in [0.15, 0.2) is 79.1 Å². The van der Waals surface area contributed by atoms with Crippen molar-refractivity contribution in [2.24, 2.45) is 11.3 Å². The molecular formula is C29H28N4O4. The first-order valence-electron chi connectivity index (χ1n) is 12.2. The zero-order valence-corrected chi connectivity index (χ0v) is 20.5. The van der Waals surface area contributed by atoms with Gasteiger partial charge in [0.15, 0.2) is 0 Å². The molecule has 1 saturated carbocycles. The van der Waals surface area contributed by atoms with Gasteiger partial charge in [-0.25, -0.2) is 5.48 Å². The number of hydrogen-bond donors (Lipinski definition) is 3. The zero-order valence-electron chi connectivity index (χ0n) is 20.5. The maximum Gasteiger partial charge on any atom is 0.247 e. The maximum atomic E-state index is 13.2. The summed E-state index contributed by atoms with van der Waals surface area (Å²) in [7, 11) is 0. The highest BCUT2D eigenvalue weighted by atomic mass is 16.5. The van der Waals surface area contributed by atoms with Gasteiger partial charge in [-0.05, 0) is 61.2 Å². The van der Waals surface area contributed by atoms with Gasteiger partial charge in [0.05, 0.1) is 16.8 Å². The summed E-state index contributed by atoms with van der Waals surface area (Å²) in [4.78, 5) is 34.0. The number of aromatic nitrogens is 2. The molecule has 0 spiro atoms. The van der Waals surface area contributed by atoms with E-state index in [0.717, 1.165) is 33.3 Å². The molecule has 0 unspecified atom stereocenters. The summed E-state index contributed by atoms with van der Waals surface area (Å²) in [6.07, 6.45) is 4.10. The highest BCUT2D eigenvalue weighted by molar-refractivity contribution is 5.95. The van der Waals surface area contributed by atoms with Crippen LogP contribution in [-0.2, 0) is 29.2 Å². The van der Waals surface area contributed by atoms with Crippen molar-refractivity contribution in [1.82, 2.24) is 20.8 Å². The first-order chi connectivity index (χ1) is 18.0. The third kappa shape index (κ3) is 5.29. The van der Waals surface area contributed by atoms with E-state index in [1.165, 1.54) is 0 Å². The van der Waals surface area contributed by atoms with E-state index in [1.807, 2.05) is 67.6 Å². The summed E-state index contributed by atoms with van der Waals surface area (Å²) < 4.78 is 6.06. The Bertz CT molecular complexity index is 1430.